The fraction of sp³-hybridized carbons (Fsp3) is 0.579. The van der Waals surface area contributed by atoms with Gasteiger partial charge in [0.05, 0.1) is 11.0 Å². The smallest absolute Gasteiger partial charge is 0.339 e. The highest BCUT2D eigenvalue weighted by atomic mass is 16.6. The number of aryl methyl sites for hydroxylation is 1. The Morgan fingerprint density at radius 2 is 1.98 bits per heavy atom. The number of carbonyl (C=O) groups is 2. The van der Waals surface area contributed by atoms with Crippen molar-refractivity contribution in [1.82, 2.24) is 0 Å². The molecule has 43 heavy (non-hydrogen) atoms. The third kappa shape index (κ3) is 3.13. The molecule has 9 atom stereocenters. The molecule has 5 aliphatic carbocycles. The lowest BCUT2D eigenvalue weighted by Gasteiger charge is -2.72. The maximum absolute atomic E-state index is 14.8. The minimum Gasteiger partial charge on any atom is -0.449 e. The number of cyclic esters (lactones) is 1. The van der Waals surface area contributed by atoms with E-state index >= 15 is 0 Å². The SMILES string of the molecule is CCC/C=C1\OC(=O)[C@@]23C4=C5CC[C@@]12[C@]1(OC(=O)c2c(CCCN)cccc21)[C@H]3C[C@@H](C)/C=C\[C@@H]4C[C@H]1[C@@H]5C=CC[C@@H]1C. The maximum Gasteiger partial charge on any atom is 0.339 e. The van der Waals surface area contributed by atoms with Gasteiger partial charge in [-0.05, 0) is 98.8 Å². The molecule has 2 aliphatic heterocycles. The first kappa shape index (κ1) is 27.6. The summed E-state index contributed by atoms with van der Waals surface area (Å²) >= 11 is 0. The molecule has 1 aromatic rings. The Bertz CT molecular complexity index is 1530. The van der Waals surface area contributed by atoms with Crippen LogP contribution in [0.3, 0.4) is 0 Å². The van der Waals surface area contributed by atoms with E-state index in [1.54, 1.807) is 0 Å². The lowest BCUT2D eigenvalue weighted by molar-refractivity contribution is -0.280. The number of nitrogens with two attached hydrogens (primary N) is 1. The van der Waals surface area contributed by atoms with Gasteiger partial charge >= 0.3 is 11.9 Å². The van der Waals surface area contributed by atoms with Crippen LogP contribution in [0.4, 0.5) is 0 Å². The van der Waals surface area contributed by atoms with Gasteiger partial charge in [0.15, 0.2) is 5.60 Å². The zero-order valence-corrected chi connectivity index (χ0v) is 25.9. The predicted molar refractivity (Wildman–Crippen MR) is 166 cm³/mol. The third-order valence-electron chi connectivity index (χ3n) is 12.7. The van der Waals surface area contributed by atoms with Gasteiger partial charge in [0.25, 0.3) is 0 Å². The number of ether oxygens (including phenoxy) is 2. The quantitative estimate of drug-likeness (QED) is 0.292. The minimum atomic E-state index is -0.918. The van der Waals surface area contributed by atoms with Crippen molar-refractivity contribution in [3.05, 3.63) is 82.2 Å². The zero-order chi connectivity index (χ0) is 29.7. The van der Waals surface area contributed by atoms with E-state index in [-0.39, 0.29) is 29.7 Å². The Kier molecular flexibility index (Phi) is 6.13. The van der Waals surface area contributed by atoms with Crippen LogP contribution in [0.1, 0.15) is 93.6 Å². The largest absolute Gasteiger partial charge is 0.449 e. The molecular weight excluding hydrogens is 534 g/mol. The summed E-state index contributed by atoms with van der Waals surface area (Å²) in [4.78, 5) is 28.9. The van der Waals surface area contributed by atoms with Crippen molar-refractivity contribution < 1.29 is 19.1 Å². The highest BCUT2D eigenvalue weighted by Crippen LogP contribution is 2.87. The zero-order valence-electron chi connectivity index (χ0n) is 25.9. The molecule has 0 unspecified atom stereocenters. The van der Waals surface area contributed by atoms with E-state index in [0.717, 1.165) is 74.7 Å². The summed E-state index contributed by atoms with van der Waals surface area (Å²) in [7, 11) is 0. The number of rotatable bonds is 5. The molecule has 1 saturated heterocycles. The van der Waals surface area contributed by atoms with Gasteiger partial charge in [0.2, 0.25) is 0 Å². The predicted octanol–water partition coefficient (Wildman–Crippen LogP) is 7.32. The van der Waals surface area contributed by atoms with Crippen LogP contribution in [0.5, 0.6) is 0 Å². The number of benzene rings is 1. The molecule has 8 rings (SSSR count). The van der Waals surface area contributed by atoms with Gasteiger partial charge in [-0.2, -0.15) is 0 Å². The van der Waals surface area contributed by atoms with Crippen molar-refractivity contribution in [2.24, 2.45) is 52.1 Å². The van der Waals surface area contributed by atoms with E-state index in [0.29, 0.717) is 29.9 Å². The molecule has 2 N–H and O–H groups in total. The average molecular weight is 580 g/mol. The molecule has 2 spiro atoms. The summed E-state index contributed by atoms with van der Waals surface area (Å²) in [5.41, 5.74) is 8.96. The number of carbonyl (C=O) groups excluding carboxylic acids is 2. The molecule has 0 aromatic heterocycles. The van der Waals surface area contributed by atoms with E-state index in [1.165, 1.54) is 11.1 Å². The highest BCUT2D eigenvalue weighted by molar-refractivity contribution is 6.00. The van der Waals surface area contributed by atoms with Gasteiger partial charge < -0.3 is 15.2 Å². The van der Waals surface area contributed by atoms with Crippen LogP contribution in [-0.4, -0.2) is 18.5 Å². The highest BCUT2D eigenvalue weighted by Gasteiger charge is 2.93. The lowest BCUT2D eigenvalue weighted by atomic mass is 9.27. The van der Waals surface area contributed by atoms with Crippen molar-refractivity contribution in [3.63, 3.8) is 0 Å². The first-order chi connectivity index (χ1) is 20.9. The normalized spacial score (nSPS) is 43.2. The standard InChI is InChI=1S/C38H45NO4/c1-4-5-14-31-36-18-17-27-26-12-6-9-23(3)28(26)21-25-16-15-22(2)20-30(37(36,33(25)27)35(41)42-31)38(36)29-13-7-10-24(11-8-19-39)32(29)34(40)43-38/h6-7,10,12-16,22-23,25-26,28,30H,4-5,8-9,11,17-21,39H2,1-3H3/b16-15-,31-14-/t22-,23-,25+,26+,28+,30-,36+,37+,38+/m0/s1. The van der Waals surface area contributed by atoms with Crippen LogP contribution < -0.4 is 5.73 Å². The summed E-state index contributed by atoms with van der Waals surface area (Å²) in [6.45, 7) is 7.40. The van der Waals surface area contributed by atoms with Crippen LogP contribution in [-0.2, 0) is 26.3 Å². The van der Waals surface area contributed by atoms with Crippen LogP contribution in [0.15, 0.2) is 65.5 Å². The second-order valence-corrected chi connectivity index (χ2v) is 14.6. The Labute approximate surface area is 255 Å². The molecule has 5 nitrogen and oxygen atoms in total. The summed E-state index contributed by atoms with van der Waals surface area (Å²) in [6, 6.07) is 6.26. The average Bonchev–Trinajstić information content (AvgIpc) is 3.45. The molecule has 2 heterocycles. The van der Waals surface area contributed by atoms with E-state index in [4.69, 9.17) is 15.2 Å². The molecule has 1 aromatic carbocycles. The topological polar surface area (TPSA) is 78.6 Å². The van der Waals surface area contributed by atoms with Gasteiger partial charge in [-0.1, -0.05) is 75.3 Å². The molecule has 7 aliphatic rings. The van der Waals surface area contributed by atoms with Crippen molar-refractivity contribution in [2.75, 3.05) is 6.54 Å². The van der Waals surface area contributed by atoms with Gasteiger partial charge in [0, 0.05) is 17.4 Å². The van der Waals surface area contributed by atoms with E-state index in [9.17, 15) is 9.59 Å². The van der Waals surface area contributed by atoms with Gasteiger partial charge in [-0.15, -0.1) is 0 Å². The number of fused-ring (bicyclic) bond motifs is 5. The Morgan fingerprint density at radius 3 is 2.79 bits per heavy atom. The van der Waals surface area contributed by atoms with E-state index < -0.39 is 16.4 Å². The molecule has 0 bridgehead atoms. The molecule has 1 saturated carbocycles. The van der Waals surface area contributed by atoms with E-state index in [2.05, 4.69) is 69.4 Å². The number of esters is 2. The van der Waals surface area contributed by atoms with Crippen LogP contribution in [0, 0.1) is 46.3 Å². The Morgan fingerprint density at radius 1 is 1.12 bits per heavy atom. The van der Waals surface area contributed by atoms with Crippen molar-refractivity contribution in [3.8, 4) is 0 Å². The fourth-order valence-electron chi connectivity index (χ4n) is 11.2. The number of hydrogen-bond acceptors (Lipinski definition) is 5. The van der Waals surface area contributed by atoms with Gasteiger partial charge in [-0.3, -0.25) is 4.79 Å². The molecule has 2 fully saturated rings. The lowest BCUT2D eigenvalue weighted by Crippen LogP contribution is -2.77. The van der Waals surface area contributed by atoms with E-state index in [1.807, 2.05) is 0 Å². The van der Waals surface area contributed by atoms with Crippen molar-refractivity contribution in [1.29, 1.82) is 0 Å². The van der Waals surface area contributed by atoms with Crippen LogP contribution in [0.2, 0.25) is 0 Å². The van der Waals surface area contributed by atoms with Crippen molar-refractivity contribution in [2.45, 2.75) is 84.2 Å². The molecule has 0 amide bonds. The Hall–Kier alpha value is -2.92. The van der Waals surface area contributed by atoms with Gasteiger partial charge in [0.1, 0.15) is 11.2 Å². The van der Waals surface area contributed by atoms with Crippen LogP contribution >= 0.6 is 0 Å². The fourth-order valence-corrected chi connectivity index (χ4v) is 11.2. The number of unbranched alkanes of at least 4 members (excludes halogenated alkanes) is 1. The third-order valence-corrected chi connectivity index (χ3v) is 12.7. The molecular formula is C38H45NO4. The Balaban J connectivity index is 1.43. The number of allylic oxidation sites excluding steroid dienone is 6. The first-order valence-electron chi connectivity index (χ1n) is 16.9. The number of hydrogen-bond donors (Lipinski definition) is 1. The van der Waals surface area contributed by atoms with Gasteiger partial charge in [-0.25, -0.2) is 4.79 Å². The summed E-state index contributed by atoms with van der Waals surface area (Å²) in [5.74, 6) is 2.30. The first-order valence-corrected chi connectivity index (χ1v) is 16.9. The second kappa shape index (κ2) is 9.54. The molecule has 0 radical (unpaired) electrons. The monoisotopic (exact) mass is 579 g/mol. The molecule has 226 valence electrons. The summed E-state index contributed by atoms with van der Waals surface area (Å²) in [5, 5.41) is 0. The van der Waals surface area contributed by atoms with Crippen LogP contribution in [0.25, 0.3) is 0 Å². The summed E-state index contributed by atoms with van der Waals surface area (Å²) in [6.07, 6.45) is 19.8. The minimum absolute atomic E-state index is 0.0970. The second-order valence-electron chi connectivity index (χ2n) is 14.6. The maximum atomic E-state index is 14.8. The van der Waals surface area contributed by atoms with Crippen molar-refractivity contribution >= 4 is 11.9 Å². The summed E-state index contributed by atoms with van der Waals surface area (Å²) < 4.78 is 13.4. The molecule has 5 heteroatoms.